The third kappa shape index (κ3) is 2.60. The number of hydrogen-bond donors (Lipinski definition) is 4. The summed E-state index contributed by atoms with van der Waals surface area (Å²) in [6.07, 6.45) is -7.18. The quantitative estimate of drug-likeness (QED) is 0.428. The maximum atomic E-state index is 10.6. The molecule has 1 saturated heterocycles. The van der Waals surface area contributed by atoms with Gasteiger partial charge in [-0.05, 0) is 0 Å². The number of aliphatic hydroxyl groups is 3. The third-order valence-electron chi connectivity index (χ3n) is 2.34. The molecule has 1 heterocycles. The molecule has 0 aliphatic carbocycles. The molecule has 8 nitrogen and oxygen atoms in total. The van der Waals surface area contributed by atoms with Gasteiger partial charge in [0, 0.05) is 7.11 Å². The molecule has 1 amide bonds. The zero-order valence-electron chi connectivity index (χ0n) is 8.65. The largest absolute Gasteiger partial charge is 0.441 e. The van der Waals surface area contributed by atoms with Crippen LogP contribution in [0.5, 0.6) is 0 Å². The first-order chi connectivity index (χ1) is 7.51. The molecule has 0 bridgehead atoms. The number of primary amides is 1. The number of aliphatic hydroxyl groups excluding tert-OH is 3. The Kier molecular flexibility index (Phi) is 4.44. The van der Waals surface area contributed by atoms with Crippen molar-refractivity contribution in [1.82, 2.24) is 0 Å². The van der Waals surface area contributed by atoms with Gasteiger partial charge in [-0.1, -0.05) is 0 Å². The average Bonchev–Trinajstić information content (AvgIpc) is 2.22. The van der Waals surface area contributed by atoms with Crippen molar-refractivity contribution in [2.24, 2.45) is 5.73 Å². The lowest BCUT2D eigenvalue weighted by molar-refractivity contribution is -0.290. The number of carbonyl (C=O) groups excluding carboxylic acids is 1. The van der Waals surface area contributed by atoms with E-state index in [1.165, 1.54) is 7.11 Å². The van der Waals surface area contributed by atoms with Crippen LogP contribution in [0.25, 0.3) is 0 Å². The summed E-state index contributed by atoms with van der Waals surface area (Å²) in [5, 5.41) is 28.0. The van der Waals surface area contributed by atoms with Crippen LogP contribution in [0.3, 0.4) is 0 Å². The Hall–Kier alpha value is -0.930. The molecule has 0 aromatic rings. The van der Waals surface area contributed by atoms with Crippen LogP contribution in [0, 0.1) is 0 Å². The Morgan fingerprint density at radius 1 is 1.44 bits per heavy atom. The second-order valence-corrected chi connectivity index (χ2v) is 3.34. The van der Waals surface area contributed by atoms with Gasteiger partial charge in [-0.3, -0.25) is 0 Å². The minimum Gasteiger partial charge on any atom is -0.441 e. The summed E-state index contributed by atoms with van der Waals surface area (Å²) in [6.45, 7) is -0.534. The molecule has 16 heavy (non-hydrogen) atoms. The van der Waals surface area contributed by atoms with E-state index in [0.717, 1.165) is 0 Å². The first-order valence-electron chi connectivity index (χ1n) is 4.62. The summed E-state index contributed by atoms with van der Waals surface area (Å²) >= 11 is 0. The zero-order chi connectivity index (χ0) is 12.3. The van der Waals surface area contributed by atoms with E-state index in [2.05, 4.69) is 4.74 Å². The minimum absolute atomic E-state index is 0.534. The van der Waals surface area contributed by atoms with Gasteiger partial charge in [-0.2, -0.15) is 0 Å². The molecule has 0 radical (unpaired) electrons. The Bertz CT molecular complexity index is 249. The van der Waals surface area contributed by atoms with Crippen molar-refractivity contribution in [2.45, 2.75) is 30.7 Å². The van der Waals surface area contributed by atoms with Crippen LogP contribution in [0.4, 0.5) is 4.79 Å². The third-order valence-corrected chi connectivity index (χ3v) is 2.34. The highest BCUT2D eigenvalue weighted by molar-refractivity contribution is 5.65. The molecule has 0 saturated carbocycles. The number of amides is 1. The second kappa shape index (κ2) is 5.41. The standard InChI is InChI=1S/C8H15NO7/c1-14-6-5(16-8(9)13)4(11)3(2-10)15-7(6)12/h3-7,10-12H,2H2,1H3,(H2,9,13)/t3-,4+,5+,6-,7-/m1/s1. The molecule has 8 heteroatoms. The van der Waals surface area contributed by atoms with Crippen LogP contribution >= 0.6 is 0 Å². The van der Waals surface area contributed by atoms with Crippen LogP contribution in [-0.4, -0.2) is 65.8 Å². The zero-order valence-corrected chi connectivity index (χ0v) is 8.65. The summed E-state index contributed by atoms with van der Waals surface area (Å²) in [4.78, 5) is 10.6. The Labute approximate surface area is 91.5 Å². The molecule has 1 fully saturated rings. The predicted octanol–water partition coefficient (Wildman–Crippen LogP) is -2.46. The summed E-state index contributed by atoms with van der Waals surface area (Å²) < 4.78 is 14.3. The van der Waals surface area contributed by atoms with Gasteiger partial charge < -0.3 is 35.3 Å². The molecule has 5 atom stereocenters. The van der Waals surface area contributed by atoms with Crippen LogP contribution in [0.2, 0.25) is 0 Å². The van der Waals surface area contributed by atoms with Crippen LogP contribution in [-0.2, 0) is 14.2 Å². The Morgan fingerprint density at radius 2 is 2.06 bits per heavy atom. The van der Waals surface area contributed by atoms with E-state index in [1.54, 1.807) is 0 Å². The fourth-order valence-corrected chi connectivity index (χ4v) is 1.58. The molecule has 0 aromatic carbocycles. The van der Waals surface area contributed by atoms with E-state index < -0.39 is 43.4 Å². The number of methoxy groups -OCH3 is 1. The first-order valence-corrected chi connectivity index (χ1v) is 4.62. The highest BCUT2D eigenvalue weighted by Crippen LogP contribution is 2.24. The normalized spacial score (nSPS) is 39.4. The minimum atomic E-state index is -1.42. The Balaban J connectivity index is 2.81. The summed E-state index contributed by atoms with van der Waals surface area (Å²) in [6, 6.07) is 0. The van der Waals surface area contributed by atoms with Crippen LogP contribution in [0.15, 0.2) is 0 Å². The number of nitrogens with two attached hydrogens (primary N) is 1. The van der Waals surface area contributed by atoms with E-state index in [-0.39, 0.29) is 0 Å². The van der Waals surface area contributed by atoms with E-state index in [9.17, 15) is 15.0 Å². The predicted molar refractivity (Wildman–Crippen MR) is 49.2 cm³/mol. The van der Waals surface area contributed by atoms with Crippen molar-refractivity contribution in [2.75, 3.05) is 13.7 Å². The molecule has 0 unspecified atom stereocenters. The maximum absolute atomic E-state index is 10.6. The second-order valence-electron chi connectivity index (χ2n) is 3.34. The van der Waals surface area contributed by atoms with Crippen molar-refractivity contribution in [3.8, 4) is 0 Å². The van der Waals surface area contributed by atoms with Gasteiger partial charge in [0.05, 0.1) is 6.61 Å². The van der Waals surface area contributed by atoms with Gasteiger partial charge in [-0.15, -0.1) is 0 Å². The summed E-state index contributed by atoms with van der Waals surface area (Å²) in [5.74, 6) is 0. The molecule has 1 aliphatic heterocycles. The van der Waals surface area contributed by atoms with Gasteiger partial charge in [0.2, 0.25) is 0 Å². The number of hydrogen-bond acceptors (Lipinski definition) is 7. The van der Waals surface area contributed by atoms with Gasteiger partial charge in [0.1, 0.15) is 18.3 Å². The molecule has 1 aliphatic rings. The average molecular weight is 237 g/mol. The monoisotopic (exact) mass is 237 g/mol. The van der Waals surface area contributed by atoms with E-state index in [4.69, 9.17) is 20.3 Å². The van der Waals surface area contributed by atoms with Gasteiger partial charge in [0.15, 0.2) is 12.4 Å². The number of rotatable bonds is 3. The maximum Gasteiger partial charge on any atom is 0.404 e. The fraction of sp³-hybridized carbons (Fsp3) is 0.875. The molecule has 94 valence electrons. The molecule has 0 spiro atoms. The lowest BCUT2D eigenvalue weighted by Crippen LogP contribution is -2.60. The van der Waals surface area contributed by atoms with Gasteiger partial charge in [-0.25, -0.2) is 4.79 Å². The van der Waals surface area contributed by atoms with Gasteiger partial charge in [0.25, 0.3) is 0 Å². The van der Waals surface area contributed by atoms with Crippen molar-refractivity contribution < 1.29 is 34.3 Å². The Morgan fingerprint density at radius 3 is 2.50 bits per heavy atom. The molecular weight excluding hydrogens is 222 g/mol. The molecule has 5 N–H and O–H groups in total. The van der Waals surface area contributed by atoms with Gasteiger partial charge >= 0.3 is 6.09 Å². The fourth-order valence-electron chi connectivity index (χ4n) is 1.58. The van der Waals surface area contributed by atoms with Crippen molar-refractivity contribution >= 4 is 6.09 Å². The smallest absolute Gasteiger partial charge is 0.404 e. The van der Waals surface area contributed by atoms with Crippen molar-refractivity contribution in [1.29, 1.82) is 0 Å². The molecule has 1 rings (SSSR count). The highest BCUT2D eigenvalue weighted by atomic mass is 16.7. The highest BCUT2D eigenvalue weighted by Gasteiger charge is 2.46. The van der Waals surface area contributed by atoms with Crippen molar-refractivity contribution in [3.05, 3.63) is 0 Å². The number of ether oxygens (including phenoxy) is 3. The summed E-state index contributed by atoms with van der Waals surface area (Å²) in [5.41, 5.74) is 4.82. The lowest BCUT2D eigenvalue weighted by atomic mass is 9.99. The first kappa shape index (κ1) is 13.1. The van der Waals surface area contributed by atoms with Crippen molar-refractivity contribution in [3.63, 3.8) is 0 Å². The lowest BCUT2D eigenvalue weighted by Gasteiger charge is -2.40. The molecular formula is C8H15NO7. The van der Waals surface area contributed by atoms with Crippen LogP contribution < -0.4 is 5.73 Å². The van der Waals surface area contributed by atoms with Crippen LogP contribution in [0.1, 0.15) is 0 Å². The van der Waals surface area contributed by atoms with E-state index >= 15 is 0 Å². The summed E-state index contributed by atoms with van der Waals surface area (Å²) in [7, 11) is 1.25. The topological polar surface area (TPSA) is 131 Å². The van der Waals surface area contributed by atoms with E-state index in [0.29, 0.717) is 0 Å². The van der Waals surface area contributed by atoms with E-state index in [1.807, 2.05) is 0 Å². The SMILES string of the molecule is CO[C@@H]1[C@@H](OC(N)=O)[C@@H](O)[C@@H](CO)O[C@H]1O. The number of carbonyl (C=O) groups is 1. The molecule has 0 aromatic heterocycles.